The maximum absolute atomic E-state index is 11.7. The second kappa shape index (κ2) is 7.05. The number of carbonyl (C=O) groups excluding carboxylic acids is 1. The van der Waals surface area contributed by atoms with E-state index < -0.39 is 11.6 Å². The Morgan fingerprint density at radius 2 is 2.05 bits per heavy atom. The average Bonchev–Trinajstić information content (AvgIpc) is 2.38. The summed E-state index contributed by atoms with van der Waals surface area (Å²) in [5.74, 6) is -1.02. The van der Waals surface area contributed by atoms with Crippen LogP contribution < -0.4 is 5.32 Å². The van der Waals surface area contributed by atoms with E-state index in [1.165, 1.54) is 0 Å². The number of carboxylic acids is 1. The molecular formula is C15H21NO4. The lowest BCUT2D eigenvalue weighted by molar-refractivity contribution is -0.126. The van der Waals surface area contributed by atoms with Gasteiger partial charge in [-0.15, -0.1) is 0 Å². The molecule has 0 aliphatic heterocycles. The summed E-state index contributed by atoms with van der Waals surface area (Å²) in [6.45, 7) is 4.17. The molecule has 0 aliphatic rings. The van der Waals surface area contributed by atoms with E-state index in [1.807, 2.05) is 19.9 Å². The molecule has 0 saturated carbocycles. The second-order valence-corrected chi connectivity index (χ2v) is 5.25. The first kappa shape index (κ1) is 16.2. The third-order valence-electron chi connectivity index (χ3n) is 3.05. The summed E-state index contributed by atoms with van der Waals surface area (Å²) in [5.41, 5.74) is 0.665. The molecule has 5 heteroatoms. The van der Waals surface area contributed by atoms with Crippen molar-refractivity contribution < 1.29 is 19.4 Å². The van der Waals surface area contributed by atoms with Crippen LogP contribution in [0.15, 0.2) is 24.3 Å². The molecule has 20 heavy (non-hydrogen) atoms. The largest absolute Gasteiger partial charge is 0.478 e. The topological polar surface area (TPSA) is 75.6 Å². The van der Waals surface area contributed by atoms with Gasteiger partial charge in [0, 0.05) is 13.7 Å². The molecule has 1 aromatic carbocycles. The predicted octanol–water partition coefficient (Wildman–Crippen LogP) is 1.86. The Hall–Kier alpha value is -1.88. The number of ether oxygens (including phenoxy) is 1. The first-order valence-corrected chi connectivity index (χ1v) is 6.48. The van der Waals surface area contributed by atoms with Crippen LogP contribution in [0.4, 0.5) is 0 Å². The van der Waals surface area contributed by atoms with E-state index in [4.69, 9.17) is 9.84 Å². The van der Waals surface area contributed by atoms with E-state index >= 15 is 0 Å². The maximum atomic E-state index is 11.7. The summed E-state index contributed by atoms with van der Waals surface area (Å²) >= 11 is 0. The number of amides is 1. The van der Waals surface area contributed by atoms with Gasteiger partial charge in [0.1, 0.15) is 0 Å². The van der Waals surface area contributed by atoms with Gasteiger partial charge in [0.05, 0.1) is 17.6 Å². The lowest BCUT2D eigenvalue weighted by atomic mass is 10.0. The Bertz CT molecular complexity index is 483. The number of nitrogens with one attached hydrogen (secondary N) is 1. The molecule has 0 spiro atoms. The van der Waals surface area contributed by atoms with E-state index in [1.54, 1.807) is 25.3 Å². The van der Waals surface area contributed by atoms with Crippen LogP contribution in [-0.4, -0.2) is 36.2 Å². The van der Waals surface area contributed by atoms with Crippen LogP contribution in [0.2, 0.25) is 0 Å². The molecule has 0 aliphatic carbocycles. The second-order valence-electron chi connectivity index (χ2n) is 5.25. The van der Waals surface area contributed by atoms with Crippen molar-refractivity contribution in [3.63, 3.8) is 0 Å². The highest BCUT2D eigenvalue weighted by molar-refractivity contribution is 5.87. The fourth-order valence-corrected chi connectivity index (χ4v) is 1.73. The molecular weight excluding hydrogens is 258 g/mol. The smallest absolute Gasteiger partial charge is 0.335 e. The van der Waals surface area contributed by atoms with Crippen molar-refractivity contribution in [3.8, 4) is 0 Å². The average molecular weight is 279 g/mol. The summed E-state index contributed by atoms with van der Waals surface area (Å²) in [4.78, 5) is 22.5. The molecule has 0 radical (unpaired) electrons. The summed E-state index contributed by atoms with van der Waals surface area (Å²) < 4.78 is 5.19. The molecule has 0 aromatic heterocycles. The van der Waals surface area contributed by atoms with Crippen LogP contribution >= 0.6 is 0 Å². The van der Waals surface area contributed by atoms with Crippen LogP contribution in [0, 0.1) is 0 Å². The molecule has 0 atom stereocenters. The monoisotopic (exact) mass is 279 g/mol. The van der Waals surface area contributed by atoms with Gasteiger partial charge in [-0.3, -0.25) is 4.79 Å². The van der Waals surface area contributed by atoms with Gasteiger partial charge in [-0.2, -0.15) is 0 Å². The third-order valence-corrected chi connectivity index (χ3v) is 3.05. The first-order chi connectivity index (χ1) is 9.34. The Kier molecular flexibility index (Phi) is 5.70. The highest BCUT2D eigenvalue weighted by atomic mass is 16.5. The van der Waals surface area contributed by atoms with Crippen molar-refractivity contribution in [1.82, 2.24) is 5.32 Å². The lowest BCUT2D eigenvalue weighted by Gasteiger charge is -2.21. The van der Waals surface area contributed by atoms with Gasteiger partial charge in [-0.05, 0) is 38.0 Å². The molecule has 1 amide bonds. The normalized spacial score (nSPS) is 11.2. The summed E-state index contributed by atoms with van der Waals surface area (Å²) in [6.07, 6.45) is 0.888. The Morgan fingerprint density at radius 1 is 1.35 bits per heavy atom. The Labute approximate surface area is 118 Å². The van der Waals surface area contributed by atoms with Crippen LogP contribution in [0.1, 0.15) is 36.2 Å². The number of carbonyl (C=O) groups is 2. The maximum Gasteiger partial charge on any atom is 0.335 e. The molecule has 0 unspecified atom stereocenters. The zero-order chi connectivity index (χ0) is 15.2. The van der Waals surface area contributed by atoms with Crippen molar-refractivity contribution in [2.45, 2.75) is 32.3 Å². The number of rotatable bonds is 7. The van der Waals surface area contributed by atoms with Gasteiger partial charge in [0.2, 0.25) is 5.91 Å². The van der Waals surface area contributed by atoms with Crippen molar-refractivity contribution >= 4 is 11.9 Å². The fraction of sp³-hybridized carbons (Fsp3) is 0.467. The highest BCUT2D eigenvalue weighted by Crippen LogP contribution is 2.12. The first-order valence-electron chi connectivity index (χ1n) is 6.48. The molecule has 1 aromatic rings. The minimum Gasteiger partial charge on any atom is -0.478 e. The minimum absolute atomic E-state index is 0.0776. The van der Waals surface area contributed by atoms with Gasteiger partial charge in [0.15, 0.2) is 0 Å². The molecule has 110 valence electrons. The predicted molar refractivity (Wildman–Crippen MR) is 75.8 cm³/mol. The number of hydrogen-bond acceptors (Lipinski definition) is 3. The van der Waals surface area contributed by atoms with Gasteiger partial charge in [0.25, 0.3) is 0 Å². The van der Waals surface area contributed by atoms with Crippen LogP contribution in [0.5, 0.6) is 0 Å². The van der Waals surface area contributed by atoms with E-state index in [2.05, 4.69) is 5.32 Å². The molecule has 0 saturated heterocycles. The molecule has 1 rings (SSSR count). The molecule has 2 N–H and O–H groups in total. The van der Waals surface area contributed by atoms with Gasteiger partial charge >= 0.3 is 5.97 Å². The molecule has 0 fully saturated rings. The van der Waals surface area contributed by atoms with Crippen LogP contribution in [0.25, 0.3) is 0 Å². The Morgan fingerprint density at radius 3 is 2.65 bits per heavy atom. The minimum atomic E-state index is -0.947. The van der Waals surface area contributed by atoms with Crippen LogP contribution in [0.3, 0.4) is 0 Å². The quantitative estimate of drug-likeness (QED) is 0.798. The van der Waals surface area contributed by atoms with Gasteiger partial charge < -0.3 is 15.2 Å². The summed E-state index contributed by atoms with van der Waals surface area (Å²) in [7, 11) is 1.57. The van der Waals surface area contributed by atoms with Gasteiger partial charge in [-0.1, -0.05) is 12.1 Å². The fourth-order valence-electron chi connectivity index (χ4n) is 1.73. The Balaban J connectivity index is 2.43. The van der Waals surface area contributed by atoms with E-state index in [9.17, 15) is 9.59 Å². The summed E-state index contributed by atoms with van der Waals surface area (Å²) in [6, 6.07) is 6.71. The van der Waals surface area contributed by atoms with Crippen LogP contribution in [-0.2, 0) is 16.0 Å². The summed E-state index contributed by atoms with van der Waals surface area (Å²) in [5, 5.41) is 11.7. The van der Waals surface area contributed by atoms with E-state index in [0.29, 0.717) is 19.4 Å². The third kappa shape index (κ3) is 5.40. The highest BCUT2D eigenvalue weighted by Gasteiger charge is 2.20. The zero-order valence-electron chi connectivity index (χ0n) is 12.1. The SMILES string of the molecule is COC(C)(C)CC(=O)NCCc1cccc(C(=O)O)c1. The standard InChI is InChI=1S/C15H21NO4/c1-15(2,20-3)10-13(17)16-8-7-11-5-4-6-12(9-11)14(18)19/h4-6,9H,7-8,10H2,1-3H3,(H,16,17)(H,18,19). The molecule has 0 heterocycles. The van der Waals surface area contributed by atoms with E-state index in [0.717, 1.165) is 5.56 Å². The zero-order valence-corrected chi connectivity index (χ0v) is 12.1. The number of hydrogen-bond donors (Lipinski definition) is 2. The number of benzene rings is 1. The molecule has 5 nitrogen and oxygen atoms in total. The van der Waals surface area contributed by atoms with E-state index in [-0.39, 0.29) is 11.5 Å². The van der Waals surface area contributed by atoms with Crippen molar-refractivity contribution in [2.24, 2.45) is 0 Å². The van der Waals surface area contributed by atoms with Crippen molar-refractivity contribution in [3.05, 3.63) is 35.4 Å². The lowest BCUT2D eigenvalue weighted by Crippen LogP contribution is -2.34. The number of aromatic carboxylic acids is 1. The van der Waals surface area contributed by atoms with Crippen molar-refractivity contribution in [2.75, 3.05) is 13.7 Å². The van der Waals surface area contributed by atoms with Crippen molar-refractivity contribution in [1.29, 1.82) is 0 Å². The van der Waals surface area contributed by atoms with Gasteiger partial charge in [-0.25, -0.2) is 4.79 Å². The number of methoxy groups -OCH3 is 1. The number of carboxylic acid groups (broad SMARTS) is 1. The molecule has 0 bridgehead atoms.